The topological polar surface area (TPSA) is 61.4 Å². The number of piperidine rings is 2. The molecular formula is C21H29N3O2. The number of carbonyl (C=O) groups excluding carboxylic acids is 2. The maximum absolute atomic E-state index is 12.7. The molecule has 0 aromatic heterocycles. The lowest BCUT2D eigenvalue weighted by molar-refractivity contribution is -0.135. The molecule has 2 N–H and O–H groups in total. The highest BCUT2D eigenvalue weighted by Crippen LogP contribution is 2.33. The van der Waals surface area contributed by atoms with Crippen LogP contribution >= 0.6 is 0 Å². The summed E-state index contributed by atoms with van der Waals surface area (Å²) in [5, 5.41) is 6.63. The van der Waals surface area contributed by atoms with Gasteiger partial charge in [-0.1, -0.05) is 18.2 Å². The zero-order chi connectivity index (χ0) is 17.9. The monoisotopic (exact) mass is 355 g/mol. The minimum atomic E-state index is 0.00832. The normalized spacial score (nSPS) is 28.8. The van der Waals surface area contributed by atoms with Gasteiger partial charge in [-0.3, -0.25) is 9.59 Å². The molecule has 0 saturated carbocycles. The van der Waals surface area contributed by atoms with E-state index in [1.807, 2.05) is 35.2 Å². The second kappa shape index (κ2) is 7.78. The highest BCUT2D eigenvalue weighted by molar-refractivity contribution is 5.92. The summed E-state index contributed by atoms with van der Waals surface area (Å²) in [5.41, 5.74) is 0.844. The van der Waals surface area contributed by atoms with E-state index in [2.05, 4.69) is 10.6 Å². The SMILES string of the molecule is O=C(Nc1ccccc1)C1CCN(C(=O)CC2CC3CCC(C2)N3)CC1. The summed E-state index contributed by atoms with van der Waals surface area (Å²) >= 11 is 0. The molecule has 0 spiro atoms. The average molecular weight is 355 g/mol. The molecular weight excluding hydrogens is 326 g/mol. The van der Waals surface area contributed by atoms with Gasteiger partial charge in [0, 0.05) is 43.2 Å². The largest absolute Gasteiger partial charge is 0.343 e. The maximum Gasteiger partial charge on any atom is 0.227 e. The van der Waals surface area contributed by atoms with Crippen LogP contribution in [0.5, 0.6) is 0 Å². The zero-order valence-electron chi connectivity index (χ0n) is 15.3. The second-order valence-electron chi connectivity index (χ2n) is 8.19. The van der Waals surface area contributed by atoms with E-state index in [9.17, 15) is 9.59 Å². The van der Waals surface area contributed by atoms with E-state index in [4.69, 9.17) is 0 Å². The molecule has 3 fully saturated rings. The summed E-state index contributed by atoms with van der Waals surface area (Å²) in [7, 11) is 0. The number of fused-ring (bicyclic) bond motifs is 2. The fourth-order valence-corrected chi connectivity index (χ4v) is 4.87. The molecule has 5 heteroatoms. The van der Waals surface area contributed by atoms with Crippen molar-refractivity contribution >= 4 is 17.5 Å². The number of likely N-dealkylation sites (tertiary alicyclic amines) is 1. The number of rotatable bonds is 4. The number of benzene rings is 1. The van der Waals surface area contributed by atoms with Crippen LogP contribution in [-0.2, 0) is 9.59 Å². The maximum atomic E-state index is 12.7. The van der Waals surface area contributed by atoms with E-state index < -0.39 is 0 Å². The third kappa shape index (κ3) is 4.09. The van der Waals surface area contributed by atoms with Gasteiger partial charge in [0.15, 0.2) is 0 Å². The van der Waals surface area contributed by atoms with Crippen molar-refractivity contribution in [1.82, 2.24) is 10.2 Å². The average Bonchev–Trinajstić information content (AvgIpc) is 3.01. The van der Waals surface area contributed by atoms with E-state index >= 15 is 0 Å². The van der Waals surface area contributed by atoms with Crippen molar-refractivity contribution in [2.45, 2.75) is 57.0 Å². The van der Waals surface area contributed by atoms with Gasteiger partial charge in [0.2, 0.25) is 11.8 Å². The van der Waals surface area contributed by atoms with Crippen LogP contribution in [0.4, 0.5) is 5.69 Å². The first-order valence-corrected chi connectivity index (χ1v) is 10.1. The molecule has 3 saturated heterocycles. The molecule has 2 atom stereocenters. The molecule has 1 aromatic rings. The smallest absolute Gasteiger partial charge is 0.227 e. The van der Waals surface area contributed by atoms with E-state index in [0.717, 1.165) is 31.4 Å². The number of nitrogens with one attached hydrogen (secondary N) is 2. The Kier molecular flexibility index (Phi) is 5.25. The first-order chi connectivity index (χ1) is 12.7. The van der Waals surface area contributed by atoms with Gasteiger partial charge in [-0.15, -0.1) is 0 Å². The van der Waals surface area contributed by atoms with Crippen molar-refractivity contribution in [1.29, 1.82) is 0 Å². The molecule has 5 nitrogen and oxygen atoms in total. The van der Waals surface area contributed by atoms with Gasteiger partial charge in [0.05, 0.1) is 0 Å². The Morgan fingerprint density at radius 2 is 1.65 bits per heavy atom. The summed E-state index contributed by atoms with van der Waals surface area (Å²) in [5.74, 6) is 0.922. The minimum Gasteiger partial charge on any atom is -0.343 e. The Bertz CT molecular complexity index is 628. The molecule has 4 rings (SSSR count). The van der Waals surface area contributed by atoms with Crippen molar-refractivity contribution in [3.05, 3.63) is 30.3 Å². The molecule has 0 radical (unpaired) electrons. The Labute approximate surface area is 155 Å². The zero-order valence-corrected chi connectivity index (χ0v) is 15.3. The first kappa shape index (κ1) is 17.5. The number of hydrogen-bond acceptors (Lipinski definition) is 3. The van der Waals surface area contributed by atoms with Crippen LogP contribution in [0.2, 0.25) is 0 Å². The second-order valence-corrected chi connectivity index (χ2v) is 8.19. The molecule has 0 aliphatic carbocycles. The van der Waals surface area contributed by atoms with Crippen LogP contribution in [0.15, 0.2) is 30.3 Å². The molecule has 2 amide bonds. The lowest BCUT2D eigenvalue weighted by Crippen LogP contribution is -2.44. The summed E-state index contributed by atoms with van der Waals surface area (Å²) in [6.45, 7) is 1.42. The van der Waals surface area contributed by atoms with Crippen molar-refractivity contribution in [2.75, 3.05) is 18.4 Å². The lowest BCUT2D eigenvalue weighted by Gasteiger charge is -2.34. The van der Waals surface area contributed by atoms with Crippen molar-refractivity contribution in [3.63, 3.8) is 0 Å². The summed E-state index contributed by atoms with van der Waals surface area (Å²) < 4.78 is 0. The Balaban J connectivity index is 1.23. The van der Waals surface area contributed by atoms with Gasteiger partial charge in [0.25, 0.3) is 0 Å². The Morgan fingerprint density at radius 3 is 2.31 bits per heavy atom. The highest BCUT2D eigenvalue weighted by atomic mass is 16.2. The van der Waals surface area contributed by atoms with Crippen LogP contribution in [-0.4, -0.2) is 41.9 Å². The first-order valence-electron chi connectivity index (χ1n) is 10.1. The van der Waals surface area contributed by atoms with Crippen LogP contribution in [0.25, 0.3) is 0 Å². The minimum absolute atomic E-state index is 0.00832. The quantitative estimate of drug-likeness (QED) is 0.873. The molecule has 2 unspecified atom stereocenters. The molecule has 3 aliphatic heterocycles. The number of nitrogens with zero attached hydrogens (tertiary/aromatic N) is 1. The van der Waals surface area contributed by atoms with Crippen LogP contribution in [0, 0.1) is 11.8 Å². The fraction of sp³-hybridized carbons (Fsp3) is 0.619. The van der Waals surface area contributed by atoms with Gasteiger partial charge in [-0.25, -0.2) is 0 Å². The highest BCUT2D eigenvalue weighted by Gasteiger charge is 2.35. The third-order valence-electron chi connectivity index (χ3n) is 6.29. The molecule has 1 aromatic carbocycles. The van der Waals surface area contributed by atoms with Crippen LogP contribution in [0.1, 0.15) is 44.9 Å². The predicted octanol–water partition coefficient (Wildman–Crippen LogP) is 2.78. The number of hydrogen-bond donors (Lipinski definition) is 2. The fourth-order valence-electron chi connectivity index (χ4n) is 4.87. The standard InChI is InChI=1S/C21H29N3O2/c25-20(14-15-12-18-6-7-19(13-15)22-18)24-10-8-16(9-11-24)21(26)23-17-4-2-1-3-5-17/h1-5,15-16,18-19,22H,6-14H2,(H,23,26). The van der Waals surface area contributed by atoms with Crippen molar-refractivity contribution < 1.29 is 9.59 Å². The number of amides is 2. The van der Waals surface area contributed by atoms with Gasteiger partial charge in [0.1, 0.15) is 0 Å². The van der Waals surface area contributed by atoms with E-state index in [-0.39, 0.29) is 11.8 Å². The lowest BCUT2D eigenvalue weighted by atomic mass is 9.88. The van der Waals surface area contributed by atoms with Crippen LogP contribution in [0.3, 0.4) is 0 Å². The van der Waals surface area contributed by atoms with E-state index in [0.29, 0.717) is 43.4 Å². The molecule has 3 aliphatic rings. The summed E-state index contributed by atoms with van der Waals surface area (Å²) in [4.78, 5) is 27.1. The summed E-state index contributed by atoms with van der Waals surface area (Å²) in [6.07, 6.45) is 7.07. The summed E-state index contributed by atoms with van der Waals surface area (Å²) in [6, 6.07) is 10.9. The van der Waals surface area contributed by atoms with Gasteiger partial charge in [-0.05, 0) is 56.6 Å². The predicted molar refractivity (Wildman–Crippen MR) is 102 cm³/mol. The van der Waals surface area contributed by atoms with Crippen molar-refractivity contribution in [3.8, 4) is 0 Å². The van der Waals surface area contributed by atoms with Crippen LogP contribution < -0.4 is 10.6 Å². The Hall–Kier alpha value is -1.88. The van der Waals surface area contributed by atoms with Gasteiger partial charge < -0.3 is 15.5 Å². The number of anilines is 1. The van der Waals surface area contributed by atoms with Gasteiger partial charge in [-0.2, -0.15) is 0 Å². The van der Waals surface area contributed by atoms with Gasteiger partial charge >= 0.3 is 0 Å². The molecule has 140 valence electrons. The molecule has 2 bridgehead atoms. The number of para-hydroxylation sites is 1. The molecule has 26 heavy (non-hydrogen) atoms. The number of carbonyl (C=O) groups is 2. The molecule has 3 heterocycles. The van der Waals surface area contributed by atoms with E-state index in [1.165, 1.54) is 12.8 Å². The third-order valence-corrected chi connectivity index (χ3v) is 6.29. The van der Waals surface area contributed by atoms with E-state index in [1.54, 1.807) is 0 Å². The van der Waals surface area contributed by atoms with Crippen molar-refractivity contribution in [2.24, 2.45) is 11.8 Å². The Morgan fingerprint density at radius 1 is 1.00 bits per heavy atom.